The fraction of sp³-hybridized carbons (Fsp3) is 0.542. The van der Waals surface area contributed by atoms with Gasteiger partial charge in [0.1, 0.15) is 7.05 Å². The molecule has 1 fully saturated rings. The summed E-state index contributed by atoms with van der Waals surface area (Å²) in [6, 6.07) is 14.6. The van der Waals surface area contributed by atoms with Crippen LogP contribution in [0.1, 0.15) is 56.2 Å². The molecule has 1 aromatic heterocycles. The lowest BCUT2D eigenvalue weighted by atomic mass is 9.85. The van der Waals surface area contributed by atoms with Gasteiger partial charge in [-0.1, -0.05) is 58.1 Å². The summed E-state index contributed by atoms with van der Waals surface area (Å²) in [4.78, 5) is 0. The summed E-state index contributed by atoms with van der Waals surface area (Å²) >= 11 is 0. The van der Waals surface area contributed by atoms with Gasteiger partial charge in [-0.15, -0.1) is 0 Å². The lowest BCUT2D eigenvalue weighted by Gasteiger charge is -2.32. The second-order valence-corrected chi connectivity index (χ2v) is 15.5. The fourth-order valence-electron chi connectivity index (χ4n) is 4.30. The van der Waals surface area contributed by atoms with E-state index in [0.717, 1.165) is 5.92 Å². The molecule has 0 spiro atoms. The molecule has 1 aliphatic rings. The number of aryl methyl sites for hydroxylation is 2. The molecule has 26 heavy (non-hydrogen) atoms. The number of hydrogen-bond donors (Lipinski definition) is 0. The first-order valence-corrected chi connectivity index (χ1v) is 13.6. The summed E-state index contributed by atoms with van der Waals surface area (Å²) in [5, 5.41) is 0. The molecule has 1 aromatic carbocycles. The molecule has 0 saturated carbocycles. The van der Waals surface area contributed by atoms with E-state index in [1.807, 2.05) is 0 Å². The van der Waals surface area contributed by atoms with Crippen LogP contribution >= 0.6 is 0 Å². The Balaban J connectivity index is 1.87. The second kappa shape index (κ2) is 6.96. The van der Waals surface area contributed by atoms with Gasteiger partial charge in [0, 0.05) is 25.3 Å². The molecule has 2 aromatic rings. The number of nitrogens with zero attached hydrogens (tertiary/aromatic N) is 1. The first-order chi connectivity index (χ1) is 12.1. The molecule has 0 unspecified atom stereocenters. The van der Waals surface area contributed by atoms with Crippen molar-refractivity contribution >= 4 is 8.07 Å². The highest BCUT2D eigenvalue weighted by Gasteiger charge is 2.30. The van der Waals surface area contributed by atoms with Crippen molar-refractivity contribution < 1.29 is 4.57 Å². The molecular weight excluding hydrogens is 330 g/mol. The topological polar surface area (TPSA) is 3.88 Å². The third kappa shape index (κ3) is 4.11. The van der Waals surface area contributed by atoms with Gasteiger partial charge in [0.05, 0.1) is 0 Å². The Kier molecular flexibility index (Phi) is 5.18. The molecule has 1 saturated heterocycles. The van der Waals surface area contributed by atoms with Crippen molar-refractivity contribution in [1.82, 2.24) is 0 Å². The van der Waals surface area contributed by atoms with Gasteiger partial charge in [-0.3, -0.25) is 0 Å². The minimum atomic E-state index is -0.878. The Morgan fingerprint density at radius 3 is 2.19 bits per heavy atom. The normalized spacial score (nSPS) is 18.1. The van der Waals surface area contributed by atoms with E-state index < -0.39 is 8.07 Å². The summed E-state index contributed by atoms with van der Waals surface area (Å²) in [7, 11) is 1.33. The summed E-state index contributed by atoms with van der Waals surface area (Å²) in [6.07, 6.45) is 5.16. The van der Waals surface area contributed by atoms with Crippen LogP contribution in [0.25, 0.3) is 11.3 Å². The van der Waals surface area contributed by atoms with Gasteiger partial charge in [-0.2, -0.15) is 0 Å². The monoisotopic (exact) mass is 366 g/mol. The van der Waals surface area contributed by atoms with Crippen LogP contribution in [0.15, 0.2) is 36.5 Å². The van der Waals surface area contributed by atoms with Crippen molar-refractivity contribution in [3.63, 3.8) is 0 Å². The van der Waals surface area contributed by atoms with Crippen molar-refractivity contribution in [2.75, 3.05) is 0 Å². The zero-order valence-electron chi connectivity index (χ0n) is 17.8. The SMILES string of the molecule is Cc1cc(C(C)(C)C)ccc1-c1ccc(C2CC[Si](C)(C)CC2)c[n+]1C. The summed E-state index contributed by atoms with van der Waals surface area (Å²) < 4.78 is 2.34. The molecule has 0 aliphatic carbocycles. The van der Waals surface area contributed by atoms with Gasteiger partial charge in [0.15, 0.2) is 6.20 Å². The molecule has 0 radical (unpaired) electrons. The summed E-state index contributed by atoms with van der Waals surface area (Å²) in [5.74, 6) is 0.764. The average Bonchev–Trinajstić information content (AvgIpc) is 2.54. The van der Waals surface area contributed by atoms with E-state index in [2.05, 4.69) is 88.9 Å². The van der Waals surface area contributed by atoms with Crippen LogP contribution in [-0.4, -0.2) is 8.07 Å². The molecule has 140 valence electrons. The maximum Gasteiger partial charge on any atom is 0.212 e. The molecule has 0 atom stereocenters. The van der Waals surface area contributed by atoms with Crippen molar-refractivity contribution in [1.29, 1.82) is 0 Å². The van der Waals surface area contributed by atoms with E-state index in [4.69, 9.17) is 0 Å². The molecule has 3 rings (SSSR count). The van der Waals surface area contributed by atoms with Gasteiger partial charge < -0.3 is 0 Å². The van der Waals surface area contributed by atoms with Gasteiger partial charge in [0.25, 0.3) is 0 Å². The van der Waals surface area contributed by atoms with E-state index in [9.17, 15) is 0 Å². The van der Waals surface area contributed by atoms with E-state index in [0.29, 0.717) is 0 Å². The summed E-state index contributed by atoms with van der Waals surface area (Å²) in [6.45, 7) is 14.2. The van der Waals surface area contributed by atoms with E-state index in [-0.39, 0.29) is 5.41 Å². The zero-order valence-corrected chi connectivity index (χ0v) is 18.8. The first kappa shape index (κ1) is 19.4. The largest absolute Gasteiger partial charge is 0.212 e. The molecule has 0 bridgehead atoms. The predicted molar refractivity (Wildman–Crippen MR) is 116 cm³/mol. The van der Waals surface area contributed by atoms with Crippen LogP contribution in [0.2, 0.25) is 25.2 Å². The maximum absolute atomic E-state index is 2.55. The van der Waals surface area contributed by atoms with Crippen LogP contribution in [0.4, 0.5) is 0 Å². The Morgan fingerprint density at radius 1 is 1.00 bits per heavy atom. The van der Waals surface area contributed by atoms with E-state index >= 15 is 0 Å². The van der Waals surface area contributed by atoms with Crippen LogP contribution in [-0.2, 0) is 12.5 Å². The Morgan fingerprint density at radius 2 is 1.65 bits per heavy atom. The van der Waals surface area contributed by atoms with Crippen LogP contribution < -0.4 is 4.57 Å². The Hall–Kier alpha value is -1.41. The van der Waals surface area contributed by atoms with Gasteiger partial charge in [-0.25, -0.2) is 4.57 Å². The smallest absolute Gasteiger partial charge is 0.201 e. The first-order valence-electron chi connectivity index (χ1n) is 10.2. The number of benzene rings is 1. The summed E-state index contributed by atoms with van der Waals surface area (Å²) in [5.41, 5.74) is 7.18. The number of pyridine rings is 1. The van der Waals surface area contributed by atoms with Crippen LogP contribution in [0.3, 0.4) is 0 Å². The number of hydrogen-bond acceptors (Lipinski definition) is 0. The Bertz CT molecular complexity index is 788. The number of rotatable bonds is 2. The maximum atomic E-state index is 2.55. The lowest BCUT2D eigenvalue weighted by molar-refractivity contribution is -0.660. The second-order valence-electron chi connectivity index (χ2n) is 10.2. The number of aromatic nitrogens is 1. The highest BCUT2D eigenvalue weighted by Crippen LogP contribution is 2.38. The zero-order chi connectivity index (χ0) is 19.1. The highest BCUT2D eigenvalue weighted by molar-refractivity contribution is 6.77. The molecule has 0 amide bonds. The third-order valence-electron chi connectivity index (χ3n) is 6.34. The molecule has 0 N–H and O–H groups in total. The third-order valence-corrected chi connectivity index (χ3v) is 9.62. The molecule has 2 heteroatoms. The van der Waals surface area contributed by atoms with Gasteiger partial charge in [0.2, 0.25) is 5.69 Å². The Labute approximate surface area is 161 Å². The van der Waals surface area contributed by atoms with Crippen molar-refractivity contribution in [2.24, 2.45) is 7.05 Å². The van der Waals surface area contributed by atoms with Crippen LogP contribution in [0, 0.1) is 6.92 Å². The van der Waals surface area contributed by atoms with Gasteiger partial charge in [-0.05, 0) is 54.4 Å². The highest BCUT2D eigenvalue weighted by atomic mass is 28.3. The molecule has 2 heterocycles. The quantitative estimate of drug-likeness (QED) is 0.429. The predicted octanol–water partition coefficient (Wildman–Crippen LogP) is 6.37. The molecule has 1 aliphatic heterocycles. The van der Waals surface area contributed by atoms with Crippen LogP contribution in [0.5, 0.6) is 0 Å². The van der Waals surface area contributed by atoms with Crippen molar-refractivity contribution in [3.05, 3.63) is 53.2 Å². The van der Waals surface area contributed by atoms with Gasteiger partial charge >= 0.3 is 0 Å². The van der Waals surface area contributed by atoms with E-state index in [1.54, 1.807) is 0 Å². The van der Waals surface area contributed by atoms with Crippen molar-refractivity contribution in [2.45, 2.75) is 77.1 Å². The standard InChI is InChI=1S/C24H36NSi/c1-18-16-21(24(2,3)4)9-10-22(18)23-11-8-20(17-25(23)5)19-12-14-26(6,7)15-13-19/h8-11,16-17,19H,12-15H2,1-7H3/q+1. The minimum Gasteiger partial charge on any atom is -0.201 e. The van der Waals surface area contributed by atoms with Crippen molar-refractivity contribution in [3.8, 4) is 11.3 Å². The molecular formula is C24H36NSi+. The fourth-order valence-corrected chi connectivity index (χ4v) is 6.81. The lowest BCUT2D eigenvalue weighted by Crippen LogP contribution is -2.34. The minimum absolute atomic E-state index is 0.202. The van der Waals surface area contributed by atoms with E-state index in [1.165, 1.54) is 52.9 Å². The molecule has 1 nitrogen and oxygen atoms in total. The average molecular weight is 367 g/mol.